The summed E-state index contributed by atoms with van der Waals surface area (Å²) in [6.45, 7) is 2.76. The molecule has 17 heavy (non-hydrogen) atoms. The Kier molecular flexibility index (Phi) is 4.80. The van der Waals surface area contributed by atoms with Crippen molar-refractivity contribution in [2.24, 2.45) is 5.92 Å². The maximum absolute atomic E-state index is 6.05. The predicted octanol–water partition coefficient (Wildman–Crippen LogP) is 4.03. The predicted molar refractivity (Wildman–Crippen MR) is 72.6 cm³/mol. The van der Waals surface area contributed by atoms with Gasteiger partial charge in [0.1, 0.15) is 0 Å². The molecule has 5 heteroatoms. The fourth-order valence-corrected chi connectivity index (χ4v) is 2.84. The largest absolute Gasteiger partial charge is 0.490 e. The van der Waals surface area contributed by atoms with E-state index >= 15 is 0 Å². The van der Waals surface area contributed by atoms with E-state index in [-0.39, 0.29) is 0 Å². The lowest BCUT2D eigenvalue weighted by Crippen LogP contribution is -2.30. The number of halogens is 3. The summed E-state index contributed by atoms with van der Waals surface area (Å²) in [5.74, 6) is 1.11. The normalized spacial score (nSPS) is 17.1. The molecule has 2 nitrogen and oxygen atoms in total. The molecule has 0 unspecified atom stereocenters. The van der Waals surface area contributed by atoms with Crippen LogP contribution < -0.4 is 10.1 Å². The number of rotatable bonds is 3. The zero-order valence-electron chi connectivity index (χ0n) is 9.31. The summed E-state index contributed by atoms with van der Waals surface area (Å²) in [6.07, 6.45) is 2.26. The van der Waals surface area contributed by atoms with E-state index in [1.165, 1.54) is 0 Å². The van der Waals surface area contributed by atoms with Crippen LogP contribution in [0.15, 0.2) is 12.1 Å². The van der Waals surface area contributed by atoms with Crippen molar-refractivity contribution in [2.75, 3.05) is 19.7 Å². The Balaban J connectivity index is 1.98. The van der Waals surface area contributed by atoms with Gasteiger partial charge in [-0.15, -0.1) is 0 Å². The van der Waals surface area contributed by atoms with E-state index in [1.807, 2.05) is 0 Å². The van der Waals surface area contributed by atoms with Crippen LogP contribution in [0.3, 0.4) is 0 Å². The third-order valence-electron chi connectivity index (χ3n) is 2.89. The fourth-order valence-electron chi connectivity index (χ4n) is 1.92. The van der Waals surface area contributed by atoms with Gasteiger partial charge in [-0.05, 0) is 44.0 Å². The topological polar surface area (TPSA) is 21.3 Å². The van der Waals surface area contributed by atoms with Crippen molar-refractivity contribution < 1.29 is 4.74 Å². The highest BCUT2D eigenvalue weighted by atomic mass is 35.5. The number of nitrogens with one attached hydrogen (secondary N) is 1. The van der Waals surface area contributed by atoms with Gasteiger partial charge in [0, 0.05) is 5.02 Å². The molecule has 0 bridgehead atoms. The second-order valence-electron chi connectivity index (χ2n) is 4.20. The zero-order chi connectivity index (χ0) is 12.3. The molecule has 0 atom stereocenters. The number of hydrogen-bond donors (Lipinski definition) is 1. The highest BCUT2D eigenvalue weighted by Gasteiger charge is 2.16. The van der Waals surface area contributed by atoms with Crippen LogP contribution in [0.2, 0.25) is 15.1 Å². The third kappa shape index (κ3) is 3.65. The van der Waals surface area contributed by atoms with Crippen molar-refractivity contribution in [3.8, 4) is 5.75 Å². The molecule has 1 heterocycles. The molecule has 94 valence electrons. The lowest BCUT2D eigenvalue weighted by molar-refractivity contribution is 0.215. The van der Waals surface area contributed by atoms with Crippen LogP contribution in [0.25, 0.3) is 0 Å². The first-order valence-corrected chi connectivity index (χ1v) is 6.78. The minimum atomic E-state index is 0.469. The number of hydrogen-bond acceptors (Lipinski definition) is 2. The van der Waals surface area contributed by atoms with Gasteiger partial charge in [0.05, 0.1) is 16.7 Å². The van der Waals surface area contributed by atoms with E-state index in [2.05, 4.69) is 5.32 Å². The third-order valence-corrected chi connectivity index (χ3v) is 3.66. The Bertz CT molecular complexity index is 368. The number of piperidine rings is 1. The Hall–Kier alpha value is -0.150. The van der Waals surface area contributed by atoms with Gasteiger partial charge in [-0.25, -0.2) is 0 Å². The molecular weight excluding hydrogens is 280 g/mol. The summed E-state index contributed by atoms with van der Waals surface area (Å²) in [5, 5.41) is 4.78. The fraction of sp³-hybridized carbons (Fsp3) is 0.500. The molecule has 0 saturated carbocycles. The number of ether oxygens (including phenoxy) is 1. The molecule has 1 saturated heterocycles. The van der Waals surface area contributed by atoms with E-state index in [9.17, 15) is 0 Å². The summed E-state index contributed by atoms with van der Waals surface area (Å²) in [4.78, 5) is 0. The van der Waals surface area contributed by atoms with Gasteiger partial charge in [-0.2, -0.15) is 0 Å². The van der Waals surface area contributed by atoms with Gasteiger partial charge >= 0.3 is 0 Å². The number of benzene rings is 1. The van der Waals surface area contributed by atoms with Crippen LogP contribution in [0.4, 0.5) is 0 Å². The minimum absolute atomic E-state index is 0.469. The Morgan fingerprint density at radius 1 is 1.12 bits per heavy atom. The first-order valence-electron chi connectivity index (χ1n) is 5.65. The molecule has 1 aromatic rings. The summed E-state index contributed by atoms with van der Waals surface area (Å²) >= 11 is 17.9. The highest BCUT2D eigenvalue weighted by molar-refractivity contribution is 6.40. The highest BCUT2D eigenvalue weighted by Crippen LogP contribution is 2.36. The molecule has 0 aromatic heterocycles. The van der Waals surface area contributed by atoms with E-state index < -0.39 is 0 Å². The van der Waals surface area contributed by atoms with Crippen molar-refractivity contribution in [1.82, 2.24) is 5.32 Å². The van der Waals surface area contributed by atoms with Crippen LogP contribution >= 0.6 is 34.8 Å². The van der Waals surface area contributed by atoms with Crippen LogP contribution in [0.1, 0.15) is 12.8 Å². The van der Waals surface area contributed by atoms with Gasteiger partial charge in [0.25, 0.3) is 0 Å². The van der Waals surface area contributed by atoms with Crippen molar-refractivity contribution in [1.29, 1.82) is 0 Å². The lowest BCUT2D eigenvalue weighted by atomic mass is 9.99. The van der Waals surface area contributed by atoms with Crippen molar-refractivity contribution in [3.05, 3.63) is 27.2 Å². The van der Waals surface area contributed by atoms with Crippen molar-refractivity contribution >= 4 is 34.8 Å². The molecule has 1 aromatic carbocycles. The monoisotopic (exact) mass is 293 g/mol. The summed E-state index contributed by atoms with van der Waals surface area (Å²) in [7, 11) is 0. The smallest absolute Gasteiger partial charge is 0.156 e. The Labute approximate surface area is 116 Å². The van der Waals surface area contributed by atoms with E-state index in [0.717, 1.165) is 25.9 Å². The summed E-state index contributed by atoms with van der Waals surface area (Å²) in [6, 6.07) is 3.29. The molecule has 0 aliphatic carbocycles. The molecule has 1 aliphatic rings. The van der Waals surface area contributed by atoms with Crippen molar-refractivity contribution in [3.63, 3.8) is 0 Å². The van der Waals surface area contributed by atoms with Gasteiger partial charge in [0.2, 0.25) is 0 Å². The molecular formula is C12H14Cl3NO. The van der Waals surface area contributed by atoms with Gasteiger partial charge < -0.3 is 10.1 Å². The SMILES string of the molecule is Clc1cc(Cl)c(OCC2CCNCC2)c(Cl)c1. The summed E-state index contributed by atoms with van der Waals surface area (Å²) in [5.41, 5.74) is 0. The Morgan fingerprint density at radius 2 is 1.71 bits per heavy atom. The van der Waals surface area contributed by atoms with Gasteiger partial charge in [0.15, 0.2) is 5.75 Å². The molecule has 1 aliphatic heterocycles. The molecule has 0 amide bonds. The standard InChI is InChI=1S/C12H14Cl3NO/c13-9-5-10(14)12(11(15)6-9)17-7-8-1-3-16-4-2-8/h5-6,8,16H,1-4,7H2. The Morgan fingerprint density at radius 3 is 2.29 bits per heavy atom. The van der Waals surface area contributed by atoms with E-state index in [4.69, 9.17) is 39.5 Å². The quantitative estimate of drug-likeness (QED) is 0.909. The maximum atomic E-state index is 6.05. The van der Waals surface area contributed by atoms with Crippen LogP contribution in [-0.2, 0) is 0 Å². The average molecular weight is 295 g/mol. The first kappa shape index (κ1) is 13.3. The van der Waals surface area contributed by atoms with Gasteiger partial charge in [-0.3, -0.25) is 0 Å². The average Bonchev–Trinajstić information content (AvgIpc) is 2.29. The van der Waals surface area contributed by atoms with Crippen LogP contribution in [0, 0.1) is 5.92 Å². The maximum Gasteiger partial charge on any atom is 0.156 e. The first-order chi connectivity index (χ1) is 8.16. The second-order valence-corrected chi connectivity index (χ2v) is 5.45. The molecule has 1 fully saturated rings. The summed E-state index contributed by atoms with van der Waals surface area (Å²) < 4.78 is 5.71. The molecule has 2 rings (SSSR count). The van der Waals surface area contributed by atoms with Crippen LogP contribution in [-0.4, -0.2) is 19.7 Å². The molecule has 1 N–H and O–H groups in total. The minimum Gasteiger partial charge on any atom is -0.490 e. The van der Waals surface area contributed by atoms with Crippen LogP contribution in [0.5, 0.6) is 5.75 Å². The van der Waals surface area contributed by atoms with E-state index in [0.29, 0.717) is 33.3 Å². The van der Waals surface area contributed by atoms with E-state index in [1.54, 1.807) is 12.1 Å². The molecule has 0 spiro atoms. The lowest BCUT2D eigenvalue weighted by Gasteiger charge is -2.23. The second kappa shape index (κ2) is 6.14. The van der Waals surface area contributed by atoms with Gasteiger partial charge in [-0.1, -0.05) is 34.8 Å². The zero-order valence-corrected chi connectivity index (χ0v) is 11.6. The van der Waals surface area contributed by atoms with Crippen molar-refractivity contribution in [2.45, 2.75) is 12.8 Å². The molecule has 0 radical (unpaired) electrons.